The molecule has 0 aliphatic rings. The van der Waals surface area contributed by atoms with Crippen LogP contribution in [-0.2, 0) is 4.74 Å². The van der Waals surface area contributed by atoms with E-state index < -0.39 is 6.10 Å². The Morgan fingerprint density at radius 1 is 1.07 bits per heavy atom. The predicted molar refractivity (Wildman–Crippen MR) is 58.5 cm³/mol. The summed E-state index contributed by atoms with van der Waals surface area (Å²) in [5.74, 6) is 0. The van der Waals surface area contributed by atoms with Crippen molar-refractivity contribution >= 4 is 51.4 Å². The van der Waals surface area contributed by atoms with Crippen molar-refractivity contribution < 1.29 is 20.1 Å². The second-order valence-corrected chi connectivity index (χ2v) is 2.13. The standard InChI is InChI=1S/C6H10O.C3H8O3.K.H/c1-3-5-7-6-4-2;4-1-3(6)2-5;;/h3-4H,1-2,5-6H2;3-6H,1-2H2;;. The summed E-state index contributed by atoms with van der Waals surface area (Å²) in [5.41, 5.74) is 0. The Morgan fingerprint density at radius 3 is 1.57 bits per heavy atom. The summed E-state index contributed by atoms with van der Waals surface area (Å²) >= 11 is 0. The molecule has 0 saturated carbocycles. The van der Waals surface area contributed by atoms with E-state index in [0.29, 0.717) is 13.2 Å². The number of hydrogen-bond donors (Lipinski definition) is 3. The maximum absolute atomic E-state index is 8.17. The van der Waals surface area contributed by atoms with Crippen LogP contribution >= 0.6 is 0 Å². The van der Waals surface area contributed by atoms with Crippen LogP contribution in [-0.4, -0.2) is 99.2 Å². The van der Waals surface area contributed by atoms with Gasteiger partial charge in [-0.1, -0.05) is 12.2 Å². The van der Waals surface area contributed by atoms with E-state index in [4.69, 9.17) is 20.1 Å². The zero-order chi connectivity index (χ0) is 10.5. The average molecular weight is 230 g/mol. The Bertz CT molecular complexity index is 107. The van der Waals surface area contributed by atoms with Crippen molar-refractivity contribution in [1.29, 1.82) is 0 Å². The van der Waals surface area contributed by atoms with Crippen molar-refractivity contribution in [2.24, 2.45) is 0 Å². The molecule has 4 nitrogen and oxygen atoms in total. The summed E-state index contributed by atoms with van der Waals surface area (Å²) in [5, 5.41) is 24.0. The van der Waals surface area contributed by atoms with Gasteiger partial charge in [-0.15, -0.1) is 13.2 Å². The van der Waals surface area contributed by atoms with E-state index in [1.54, 1.807) is 12.2 Å². The molecule has 0 aliphatic heterocycles. The summed E-state index contributed by atoms with van der Waals surface area (Å²) in [4.78, 5) is 0. The van der Waals surface area contributed by atoms with Gasteiger partial charge in [-0.3, -0.25) is 0 Å². The summed E-state index contributed by atoms with van der Waals surface area (Å²) in [6, 6.07) is 0. The van der Waals surface area contributed by atoms with Crippen molar-refractivity contribution in [1.82, 2.24) is 0 Å². The van der Waals surface area contributed by atoms with Crippen molar-refractivity contribution in [2.45, 2.75) is 6.10 Å². The Balaban J connectivity index is -0.000000163. The number of aliphatic hydroxyl groups is 3. The van der Waals surface area contributed by atoms with Crippen LogP contribution in [0.5, 0.6) is 0 Å². The van der Waals surface area contributed by atoms with E-state index in [2.05, 4.69) is 13.2 Å². The van der Waals surface area contributed by atoms with Gasteiger partial charge in [-0.05, 0) is 0 Å². The normalized spacial score (nSPS) is 8.29. The fourth-order valence-electron chi connectivity index (χ4n) is 0.292. The van der Waals surface area contributed by atoms with Crippen molar-refractivity contribution in [2.75, 3.05) is 26.4 Å². The summed E-state index contributed by atoms with van der Waals surface area (Å²) < 4.78 is 4.90. The second kappa shape index (κ2) is 19.5. The Morgan fingerprint density at radius 2 is 1.43 bits per heavy atom. The number of hydrogen-bond acceptors (Lipinski definition) is 4. The van der Waals surface area contributed by atoms with Crippen molar-refractivity contribution in [3.8, 4) is 0 Å². The molecule has 0 aromatic carbocycles. The molecule has 14 heavy (non-hydrogen) atoms. The number of aliphatic hydroxyl groups excluding tert-OH is 3. The molecule has 0 rings (SSSR count). The molecule has 0 saturated heterocycles. The fourth-order valence-corrected chi connectivity index (χ4v) is 0.292. The van der Waals surface area contributed by atoms with Crippen LogP contribution in [0, 0.1) is 0 Å². The van der Waals surface area contributed by atoms with E-state index in [-0.39, 0.29) is 64.6 Å². The molecule has 0 aromatic heterocycles. The van der Waals surface area contributed by atoms with Crippen LogP contribution < -0.4 is 0 Å². The molecule has 0 radical (unpaired) electrons. The van der Waals surface area contributed by atoms with Gasteiger partial charge in [0.15, 0.2) is 0 Å². The first kappa shape index (κ1) is 20.4. The molecule has 0 amide bonds. The van der Waals surface area contributed by atoms with Crippen LogP contribution in [0.25, 0.3) is 0 Å². The van der Waals surface area contributed by atoms with Gasteiger partial charge in [-0.25, -0.2) is 0 Å². The monoisotopic (exact) mass is 230 g/mol. The molecule has 3 N–H and O–H groups in total. The van der Waals surface area contributed by atoms with E-state index in [0.717, 1.165) is 0 Å². The van der Waals surface area contributed by atoms with Gasteiger partial charge in [0.2, 0.25) is 0 Å². The van der Waals surface area contributed by atoms with E-state index >= 15 is 0 Å². The molecule has 0 aliphatic carbocycles. The van der Waals surface area contributed by atoms with Crippen molar-refractivity contribution in [3.05, 3.63) is 25.3 Å². The minimum absolute atomic E-state index is 0. The van der Waals surface area contributed by atoms with Crippen LogP contribution in [0.15, 0.2) is 25.3 Å². The number of rotatable bonds is 6. The first-order valence-electron chi connectivity index (χ1n) is 3.92. The van der Waals surface area contributed by atoms with Gasteiger partial charge in [0.05, 0.1) is 26.4 Å². The molecule has 0 unspecified atom stereocenters. The zero-order valence-electron chi connectivity index (χ0n) is 7.72. The van der Waals surface area contributed by atoms with Crippen LogP contribution in [0.4, 0.5) is 0 Å². The quantitative estimate of drug-likeness (QED) is 0.313. The van der Waals surface area contributed by atoms with Gasteiger partial charge in [0, 0.05) is 0 Å². The minimum atomic E-state index is -0.954. The molecular weight excluding hydrogens is 211 g/mol. The van der Waals surface area contributed by atoms with Gasteiger partial charge in [0.1, 0.15) is 6.10 Å². The third-order valence-corrected chi connectivity index (χ3v) is 0.893. The van der Waals surface area contributed by atoms with Crippen LogP contribution in [0.2, 0.25) is 0 Å². The Hall–Kier alpha value is 0.956. The van der Waals surface area contributed by atoms with Gasteiger partial charge < -0.3 is 20.1 Å². The summed E-state index contributed by atoms with van der Waals surface area (Å²) in [7, 11) is 0. The van der Waals surface area contributed by atoms with E-state index in [1.165, 1.54) is 0 Å². The molecule has 0 fully saturated rings. The van der Waals surface area contributed by atoms with E-state index in [1.807, 2.05) is 0 Å². The van der Waals surface area contributed by atoms with E-state index in [9.17, 15) is 0 Å². The number of ether oxygens (including phenoxy) is 1. The van der Waals surface area contributed by atoms with Crippen molar-refractivity contribution in [3.63, 3.8) is 0 Å². The SMILES string of the molecule is C=CCOCC=C.OCC(O)CO.[KH]. The first-order valence-corrected chi connectivity index (χ1v) is 3.92. The molecule has 0 spiro atoms. The molecule has 0 atom stereocenters. The molecule has 80 valence electrons. The van der Waals surface area contributed by atoms with Gasteiger partial charge in [-0.2, -0.15) is 0 Å². The third kappa shape index (κ3) is 23.1. The molecule has 5 heteroatoms. The Kier molecular flexibility index (Phi) is 28.4. The summed E-state index contributed by atoms with van der Waals surface area (Å²) in [6.45, 7) is 7.45. The summed E-state index contributed by atoms with van der Waals surface area (Å²) in [6.07, 6.45) is 2.47. The van der Waals surface area contributed by atoms with Gasteiger partial charge >= 0.3 is 51.4 Å². The maximum atomic E-state index is 8.17. The fraction of sp³-hybridized carbons (Fsp3) is 0.556. The molecule has 0 aromatic rings. The average Bonchev–Trinajstić information content (AvgIpc) is 2.18. The first-order chi connectivity index (χ1) is 6.22. The third-order valence-electron chi connectivity index (χ3n) is 0.893. The molecule has 0 bridgehead atoms. The van der Waals surface area contributed by atoms with Gasteiger partial charge in [0.25, 0.3) is 0 Å². The molecular formula is C9H19KO4. The Labute approximate surface area is 128 Å². The zero-order valence-corrected chi connectivity index (χ0v) is 7.72. The van der Waals surface area contributed by atoms with Crippen LogP contribution in [0.1, 0.15) is 0 Å². The topological polar surface area (TPSA) is 69.9 Å². The second-order valence-electron chi connectivity index (χ2n) is 2.13. The van der Waals surface area contributed by atoms with Crippen LogP contribution in [0.3, 0.4) is 0 Å². The predicted octanol–water partition coefficient (Wildman–Crippen LogP) is -0.942. The molecule has 0 heterocycles.